The highest BCUT2D eigenvalue weighted by Gasteiger charge is 2.21. The summed E-state index contributed by atoms with van der Waals surface area (Å²) in [4.78, 5) is 6.61. The first-order valence-corrected chi connectivity index (χ1v) is 7.21. The summed E-state index contributed by atoms with van der Waals surface area (Å²) < 4.78 is 37.2. The van der Waals surface area contributed by atoms with Crippen molar-refractivity contribution < 1.29 is 17.9 Å². The minimum absolute atomic E-state index is 0.103. The number of methoxy groups -OCH3 is 2. The van der Waals surface area contributed by atoms with Crippen LogP contribution in [-0.2, 0) is 10.0 Å². The second-order valence-corrected chi connectivity index (χ2v) is 5.67. The van der Waals surface area contributed by atoms with E-state index >= 15 is 0 Å². The number of H-pyrrole nitrogens is 1. The van der Waals surface area contributed by atoms with E-state index in [-0.39, 0.29) is 10.8 Å². The van der Waals surface area contributed by atoms with E-state index in [1.807, 2.05) is 0 Å². The number of rotatable bonds is 5. The number of anilines is 1. The molecule has 0 fully saturated rings. The van der Waals surface area contributed by atoms with Gasteiger partial charge in [-0.15, -0.1) is 0 Å². The molecule has 0 bridgehead atoms. The van der Waals surface area contributed by atoms with Gasteiger partial charge in [0.05, 0.1) is 19.1 Å². The van der Waals surface area contributed by atoms with Crippen LogP contribution in [0, 0.1) is 6.92 Å². The summed E-state index contributed by atoms with van der Waals surface area (Å²) in [5, 5.41) is 0. The fourth-order valence-electron chi connectivity index (χ4n) is 1.75. The summed E-state index contributed by atoms with van der Waals surface area (Å²) in [6, 6.07) is 3.02. The van der Waals surface area contributed by atoms with Crippen LogP contribution in [0.25, 0.3) is 0 Å². The molecular formula is C12H15N3O4S. The topological polar surface area (TPSA) is 93.3 Å². The second-order valence-electron chi connectivity index (χ2n) is 4.02. The fraction of sp³-hybridized carbons (Fsp3) is 0.250. The molecule has 0 radical (unpaired) electrons. The lowest BCUT2D eigenvalue weighted by atomic mass is 10.2. The number of benzene rings is 1. The third-order valence-corrected chi connectivity index (χ3v) is 4.18. The molecule has 1 aromatic carbocycles. The molecule has 0 saturated carbocycles. The Kier molecular flexibility index (Phi) is 3.84. The molecular weight excluding hydrogens is 282 g/mol. The van der Waals surface area contributed by atoms with Crippen LogP contribution in [0.15, 0.2) is 29.4 Å². The lowest BCUT2D eigenvalue weighted by Gasteiger charge is -2.13. The molecule has 108 valence electrons. The Morgan fingerprint density at radius 1 is 1.20 bits per heavy atom. The van der Waals surface area contributed by atoms with Gasteiger partial charge in [-0.25, -0.2) is 18.1 Å². The molecule has 0 aliphatic rings. The highest BCUT2D eigenvalue weighted by molar-refractivity contribution is 7.92. The number of aryl methyl sites for hydroxylation is 1. The van der Waals surface area contributed by atoms with Crippen LogP contribution in [-0.4, -0.2) is 32.6 Å². The van der Waals surface area contributed by atoms with Gasteiger partial charge in [0.25, 0.3) is 10.0 Å². The highest BCUT2D eigenvalue weighted by atomic mass is 32.2. The SMILES string of the molecule is COc1cc(C)c(S(=O)(=O)Nc2ncc[nH]2)cc1OC. The van der Waals surface area contributed by atoms with Crippen LogP contribution in [0.2, 0.25) is 0 Å². The van der Waals surface area contributed by atoms with Gasteiger partial charge in [0, 0.05) is 18.5 Å². The first kappa shape index (κ1) is 14.2. The molecule has 7 nitrogen and oxygen atoms in total. The van der Waals surface area contributed by atoms with Gasteiger partial charge in [-0.1, -0.05) is 0 Å². The van der Waals surface area contributed by atoms with Gasteiger partial charge in [-0.3, -0.25) is 0 Å². The third kappa shape index (κ3) is 2.69. The largest absolute Gasteiger partial charge is 0.493 e. The Labute approximate surface area is 117 Å². The summed E-state index contributed by atoms with van der Waals surface area (Å²) in [6.45, 7) is 1.68. The van der Waals surface area contributed by atoms with E-state index < -0.39 is 10.0 Å². The molecule has 0 unspecified atom stereocenters. The maximum Gasteiger partial charge on any atom is 0.264 e. The van der Waals surface area contributed by atoms with Crippen LogP contribution in [0.5, 0.6) is 11.5 Å². The zero-order valence-corrected chi connectivity index (χ0v) is 12.1. The molecule has 8 heteroatoms. The molecule has 0 saturated heterocycles. The number of nitrogens with zero attached hydrogens (tertiary/aromatic N) is 1. The van der Waals surface area contributed by atoms with Crippen molar-refractivity contribution in [2.75, 3.05) is 18.9 Å². The van der Waals surface area contributed by atoms with Gasteiger partial charge in [0.15, 0.2) is 11.5 Å². The summed E-state index contributed by atoms with van der Waals surface area (Å²) >= 11 is 0. The van der Waals surface area contributed by atoms with Gasteiger partial charge in [0.1, 0.15) is 0 Å². The number of sulfonamides is 1. The molecule has 2 rings (SSSR count). The first-order valence-electron chi connectivity index (χ1n) is 5.72. The van der Waals surface area contributed by atoms with Crippen molar-refractivity contribution >= 4 is 16.0 Å². The van der Waals surface area contributed by atoms with E-state index in [1.165, 1.54) is 32.7 Å². The number of aromatic nitrogens is 2. The summed E-state index contributed by atoms with van der Waals surface area (Å²) in [5.74, 6) is 0.971. The predicted molar refractivity (Wildman–Crippen MR) is 73.7 cm³/mol. The fourth-order valence-corrected chi connectivity index (χ4v) is 2.98. The number of nitrogens with one attached hydrogen (secondary N) is 2. The molecule has 1 heterocycles. The maximum atomic E-state index is 12.3. The summed E-state index contributed by atoms with van der Waals surface area (Å²) in [7, 11) is -0.810. The monoisotopic (exact) mass is 297 g/mol. The molecule has 2 N–H and O–H groups in total. The van der Waals surface area contributed by atoms with E-state index in [0.717, 1.165) is 0 Å². The minimum atomic E-state index is -3.75. The first-order chi connectivity index (χ1) is 9.47. The van der Waals surface area contributed by atoms with Gasteiger partial charge in [-0.2, -0.15) is 0 Å². The number of aromatic amines is 1. The average molecular weight is 297 g/mol. The number of hydrogen-bond acceptors (Lipinski definition) is 5. The molecule has 0 atom stereocenters. The molecule has 20 heavy (non-hydrogen) atoms. The summed E-state index contributed by atoms with van der Waals surface area (Å²) in [5.41, 5.74) is 0.543. The highest BCUT2D eigenvalue weighted by Crippen LogP contribution is 2.32. The average Bonchev–Trinajstić information content (AvgIpc) is 2.90. The lowest BCUT2D eigenvalue weighted by Crippen LogP contribution is -2.15. The van der Waals surface area contributed by atoms with Crippen LogP contribution in [0.3, 0.4) is 0 Å². The second kappa shape index (κ2) is 5.41. The van der Waals surface area contributed by atoms with Crippen molar-refractivity contribution in [2.24, 2.45) is 0 Å². The molecule has 1 aromatic heterocycles. The number of imidazole rings is 1. The van der Waals surface area contributed by atoms with E-state index in [9.17, 15) is 8.42 Å². The third-order valence-electron chi connectivity index (χ3n) is 2.70. The molecule has 0 amide bonds. The van der Waals surface area contributed by atoms with Crippen molar-refractivity contribution in [2.45, 2.75) is 11.8 Å². The number of hydrogen-bond donors (Lipinski definition) is 2. The van der Waals surface area contributed by atoms with Crippen molar-refractivity contribution in [1.82, 2.24) is 9.97 Å². The Morgan fingerprint density at radius 2 is 1.85 bits per heavy atom. The normalized spacial score (nSPS) is 11.2. The van der Waals surface area contributed by atoms with Gasteiger partial charge < -0.3 is 14.5 Å². The van der Waals surface area contributed by atoms with Gasteiger partial charge in [0.2, 0.25) is 5.95 Å². The van der Waals surface area contributed by atoms with Crippen molar-refractivity contribution in [3.8, 4) is 11.5 Å². The van der Waals surface area contributed by atoms with Gasteiger partial charge in [-0.05, 0) is 18.6 Å². The molecule has 0 aliphatic heterocycles. The lowest BCUT2D eigenvalue weighted by molar-refractivity contribution is 0.353. The molecule has 0 spiro atoms. The van der Waals surface area contributed by atoms with Crippen LogP contribution in [0.4, 0.5) is 5.95 Å². The predicted octanol–water partition coefficient (Wildman–Crippen LogP) is 1.54. The van der Waals surface area contributed by atoms with Crippen molar-refractivity contribution in [3.63, 3.8) is 0 Å². The standard InChI is InChI=1S/C12H15N3O4S/c1-8-6-9(18-2)10(19-3)7-11(8)20(16,17)15-12-13-4-5-14-12/h4-7H,1-3H3,(H2,13,14,15). The molecule has 2 aromatic rings. The quantitative estimate of drug-likeness (QED) is 0.873. The smallest absolute Gasteiger partial charge is 0.264 e. The Bertz CT molecular complexity index is 696. The Morgan fingerprint density at radius 3 is 2.40 bits per heavy atom. The van der Waals surface area contributed by atoms with Crippen molar-refractivity contribution in [3.05, 3.63) is 30.1 Å². The number of ether oxygens (including phenoxy) is 2. The zero-order chi connectivity index (χ0) is 14.8. The van der Waals surface area contributed by atoms with E-state index in [4.69, 9.17) is 9.47 Å². The molecule has 0 aliphatic carbocycles. The van der Waals surface area contributed by atoms with Crippen LogP contribution < -0.4 is 14.2 Å². The Balaban J connectivity index is 2.46. The van der Waals surface area contributed by atoms with Crippen molar-refractivity contribution in [1.29, 1.82) is 0 Å². The van der Waals surface area contributed by atoms with E-state index in [0.29, 0.717) is 17.1 Å². The van der Waals surface area contributed by atoms with E-state index in [2.05, 4.69) is 14.7 Å². The van der Waals surface area contributed by atoms with Crippen LogP contribution >= 0.6 is 0 Å². The Hall–Kier alpha value is -2.22. The van der Waals surface area contributed by atoms with Crippen LogP contribution in [0.1, 0.15) is 5.56 Å². The minimum Gasteiger partial charge on any atom is -0.493 e. The summed E-state index contributed by atoms with van der Waals surface area (Å²) in [6.07, 6.45) is 2.98. The van der Waals surface area contributed by atoms with Gasteiger partial charge >= 0.3 is 0 Å². The van der Waals surface area contributed by atoms with E-state index in [1.54, 1.807) is 13.0 Å². The zero-order valence-electron chi connectivity index (χ0n) is 11.3. The maximum absolute atomic E-state index is 12.3.